The van der Waals surface area contributed by atoms with Crippen LogP contribution in [0.5, 0.6) is 11.5 Å². The average Bonchev–Trinajstić information content (AvgIpc) is 3.21. The molecule has 2 amide bonds. The first-order chi connectivity index (χ1) is 13.5. The summed E-state index contributed by atoms with van der Waals surface area (Å²) in [5.74, 6) is 1.24. The second kappa shape index (κ2) is 6.88. The number of methoxy groups -OCH3 is 2. The third-order valence-corrected chi connectivity index (χ3v) is 4.81. The summed E-state index contributed by atoms with van der Waals surface area (Å²) in [6, 6.07) is 10.3. The summed E-state index contributed by atoms with van der Waals surface area (Å²) < 4.78 is 10.4. The molecule has 2 aromatic rings. The van der Waals surface area contributed by atoms with E-state index in [1.807, 2.05) is 11.0 Å². The minimum Gasteiger partial charge on any atom is -0.497 e. The van der Waals surface area contributed by atoms with Crippen LogP contribution in [-0.2, 0) is 0 Å². The van der Waals surface area contributed by atoms with Crippen LogP contribution in [0, 0.1) is 0 Å². The number of fused-ring (bicyclic) bond motifs is 3. The normalized spacial score (nSPS) is 15.0. The molecule has 2 heterocycles. The van der Waals surface area contributed by atoms with E-state index in [2.05, 4.69) is 10.3 Å². The lowest BCUT2D eigenvalue weighted by molar-refractivity contribution is 0.0865. The summed E-state index contributed by atoms with van der Waals surface area (Å²) in [5, 5.41) is 2.84. The van der Waals surface area contributed by atoms with E-state index in [0.29, 0.717) is 40.8 Å². The Bertz CT molecular complexity index is 979. The van der Waals surface area contributed by atoms with Crippen molar-refractivity contribution in [1.82, 2.24) is 4.90 Å². The van der Waals surface area contributed by atoms with Crippen molar-refractivity contribution in [1.29, 1.82) is 0 Å². The maximum absolute atomic E-state index is 12.7. The Kier molecular flexibility index (Phi) is 4.38. The molecule has 0 bridgehead atoms. The number of ether oxygens (including phenoxy) is 2. The minimum atomic E-state index is -0.322. The highest BCUT2D eigenvalue weighted by Crippen LogP contribution is 2.32. The van der Waals surface area contributed by atoms with Gasteiger partial charge in [-0.15, -0.1) is 0 Å². The molecule has 2 aliphatic heterocycles. The molecule has 0 atom stereocenters. The number of aliphatic imine (C=N–C) groups is 1. The summed E-state index contributed by atoms with van der Waals surface area (Å²) in [4.78, 5) is 33.3. The molecule has 0 aromatic heterocycles. The summed E-state index contributed by atoms with van der Waals surface area (Å²) in [7, 11) is 4.76. The Morgan fingerprint density at radius 1 is 1.11 bits per heavy atom. The first kappa shape index (κ1) is 17.8. The predicted molar refractivity (Wildman–Crippen MR) is 106 cm³/mol. The smallest absolute Gasteiger partial charge is 0.262 e. The Hall–Kier alpha value is -3.55. The van der Waals surface area contributed by atoms with Gasteiger partial charge in [0.25, 0.3) is 11.8 Å². The molecule has 2 aliphatic rings. The molecule has 0 saturated carbocycles. The van der Waals surface area contributed by atoms with E-state index in [-0.39, 0.29) is 11.8 Å². The highest BCUT2D eigenvalue weighted by molar-refractivity contribution is 6.19. The zero-order valence-electron chi connectivity index (χ0n) is 15.9. The van der Waals surface area contributed by atoms with Gasteiger partial charge < -0.3 is 19.7 Å². The quantitative estimate of drug-likeness (QED) is 0.879. The number of anilines is 2. The van der Waals surface area contributed by atoms with Gasteiger partial charge in [-0.3, -0.25) is 19.5 Å². The van der Waals surface area contributed by atoms with Crippen molar-refractivity contribution >= 4 is 29.1 Å². The van der Waals surface area contributed by atoms with Crippen LogP contribution in [0.4, 0.5) is 11.4 Å². The molecule has 1 N–H and O–H groups in total. The number of rotatable bonds is 4. The van der Waals surface area contributed by atoms with Crippen LogP contribution in [0.2, 0.25) is 0 Å². The number of nitrogens with one attached hydrogen (secondary N) is 1. The van der Waals surface area contributed by atoms with Crippen molar-refractivity contribution in [2.24, 2.45) is 4.99 Å². The van der Waals surface area contributed by atoms with Crippen molar-refractivity contribution in [3.05, 3.63) is 47.5 Å². The van der Waals surface area contributed by atoms with Crippen LogP contribution in [-0.4, -0.2) is 57.0 Å². The molecule has 0 spiro atoms. The van der Waals surface area contributed by atoms with E-state index in [1.54, 1.807) is 37.4 Å². The predicted octanol–water partition coefficient (Wildman–Crippen LogP) is 2.22. The number of hydrogen-bond donors (Lipinski definition) is 1. The van der Waals surface area contributed by atoms with Crippen molar-refractivity contribution < 1.29 is 19.1 Å². The number of benzene rings is 2. The molecule has 144 valence electrons. The van der Waals surface area contributed by atoms with Gasteiger partial charge in [-0.25, -0.2) is 0 Å². The maximum Gasteiger partial charge on any atom is 0.262 e. The standard InChI is InChI=1S/C20H20N4O4/c1-23-19(26)16-10-13(4-5-17(16)24-7-6-21-20(23)24)22-18(25)12-8-14(27-2)11-15(9-12)28-3/h4-5,8-11H,6-7H2,1-3H3,(H,22,25). The second-order valence-electron chi connectivity index (χ2n) is 6.48. The van der Waals surface area contributed by atoms with Gasteiger partial charge in [-0.05, 0) is 30.3 Å². The van der Waals surface area contributed by atoms with Crippen molar-refractivity contribution in [2.45, 2.75) is 0 Å². The number of hydrogen-bond acceptors (Lipinski definition) is 6. The van der Waals surface area contributed by atoms with E-state index in [1.165, 1.54) is 19.1 Å². The summed E-state index contributed by atoms with van der Waals surface area (Å²) in [6.45, 7) is 1.39. The summed E-state index contributed by atoms with van der Waals surface area (Å²) in [6.07, 6.45) is 0. The number of amides is 2. The molecular weight excluding hydrogens is 360 g/mol. The van der Waals surface area contributed by atoms with Gasteiger partial charge in [-0.1, -0.05) is 0 Å². The molecule has 4 rings (SSSR count). The van der Waals surface area contributed by atoms with E-state index >= 15 is 0 Å². The lowest BCUT2D eigenvalue weighted by Gasteiger charge is -2.33. The Morgan fingerprint density at radius 2 is 1.82 bits per heavy atom. The zero-order valence-corrected chi connectivity index (χ0v) is 15.9. The van der Waals surface area contributed by atoms with Crippen LogP contribution in [0.15, 0.2) is 41.4 Å². The molecule has 0 fully saturated rings. The van der Waals surface area contributed by atoms with Crippen molar-refractivity contribution in [3.8, 4) is 11.5 Å². The Morgan fingerprint density at radius 3 is 2.50 bits per heavy atom. The van der Waals surface area contributed by atoms with Crippen molar-refractivity contribution in [3.63, 3.8) is 0 Å². The molecular formula is C20H20N4O4. The summed E-state index contributed by atoms with van der Waals surface area (Å²) >= 11 is 0. The van der Waals surface area contributed by atoms with Gasteiger partial charge in [0.05, 0.1) is 32.0 Å². The fourth-order valence-corrected chi connectivity index (χ4v) is 3.38. The molecule has 28 heavy (non-hydrogen) atoms. The van der Waals surface area contributed by atoms with Crippen molar-refractivity contribution in [2.75, 3.05) is 44.6 Å². The third-order valence-electron chi connectivity index (χ3n) is 4.81. The second-order valence-corrected chi connectivity index (χ2v) is 6.48. The maximum atomic E-state index is 12.7. The van der Waals surface area contributed by atoms with Gasteiger partial charge in [0.1, 0.15) is 11.5 Å². The fraction of sp³-hybridized carbons (Fsp3) is 0.250. The van der Waals surface area contributed by atoms with Gasteiger partial charge in [-0.2, -0.15) is 0 Å². The average molecular weight is 380 g/mol. The highest BCUT2D eigenvalue weighted by atomic mass is 16.5. The number of carbonyl (C=O) groups is 2. The largest absolute Gasteiger partial charge is 0.497 e. The Labute approximate surface area is 162 Å². The van der Waals surface area contributed by atoms with E-state index in [4.69, 9.17) is 9.47 Å². The third kappa shape index (κ3) is 2.92. The number of carbonyl (C=O) groups excluding carboxylic acids is 2. The van der Waals surface area contributed by atoms with Gasteiger partial charge in [0.2, 0.25) is 5.96 Å². The van der Waals surface area contributed by atoms with Gasteiger partial charge in [0.15, 0.2) is 0 Å². The molecule has 8 nitrogen and oxygen atoms in total. The topological polar surface area (TPSA) is 83.5 Å². The van der Waals surface area contributed by atoms with Crippen LogP contribution in [0.1, 0.15) is 20.7 Å². The van der Waals surface area contributed by atoms with Crippen LogP contribution in [0.25, 0.3) is 0 Å². The molecule has 2 aromatic carbocycles. The van der Waals surface area contributed by atoms with Crippen LogP contribution in [0.3, 0.4) is 0 Å². The fourth-order valence-electron chi connectivity index (χ4n) is 3.38. The Balaban J connectivity index is 1.63. The lowest BCUT2D eigenvalue weighted by atomic mass is 10.1. The molecule has 0 radical (unpaired) electrons. The highest BCUT2D eigenvalue weighted by Gasteiger charge is 2.35. The number of guanidine groups is 1. The van der Waals surface area contributed by atoms with Crippen LogP contribution >= 0.6 is 0 Å². The first-order valence-corrected chi connectivity index (χ1v) is 8.80. The SMILES string of the molecule is COc1cc(OC)cc(C(=O)Nc2ccc3c(c2)C(=O)N(C)C2=NCCN23)c1. The first-order valence-electron chi connectivity index (χ1n) is 8.80. The van der Waals surface area contributed by atoms with Gasteiger partial charge >= 0.3 is 0 Å². The van der Waals surface area contributed by atoms with Crippen LogP contribution < -0.4 is 19.7 Å². The number of nitrogens with zero attached hydrogens (tertiary/aromatic N) is 3. The molecule has 0 saturated heterocycles. The minimum absolute atomic E-state index is 0.147. The monoisotopic (exact) mass is 380 g/mol. The van der Waals surface area contributed by atoms with E-state index in [0.717, 1.165) is 12.2 Å². The van der Waals surface area contributed by atoms with Gasteiger partial charge in [0, 0.05) is 30.9 Å². The molecule has 0 unspecified atom stereocenters. The molecule has 0 aliphatic carbocycles. The lowest BCUT2D eigenvalue weighted by Crippen LogP contribution is -2.48. The molecule has 8 heteroatoms. The zero-order chi connectivity index (χ0) is 19.8. The van der Waals surface area contributed by atoms with E-state index < -0.39 is 0 Å². The summed E-state index contributed by atoms with van der Waals surface area (Å²) in [5.41, 5.74) is 2.27. The van der Waals surface area contributed by atoms with E-state index in [9.17, 15) is 9.59 Å².